The molecule has 0 saturated heterocycles. The Bertz CT molecular complexity index is 806. The maximum Gasteiger partial charge on any atom is 0.262 e. The number of nitrogens with one attached hydrogen (secondary N) is 1. The summed E-state index contributed by atoms with van der Waals surface area (Å²) in [5.74, 6) is 1.13. The molecule has 0 aliphatic carbocycles. The molecule has 2 aromatic rings. The molecule has 1 N–H and O–H groups in total. The number of hydrogen-bond donors (Lipinski definition) is 1. The van der Waals surface area contributed by atoms with Crippen LogP contribution in [0.5, 0.6) is 11.5 Å². The van der Waals surface area contributed by atoms with E-state index in [0.717, 1.165) is 0 Å². The van der Waals surface area contributed by atoms with Crippen LogP contribution in [0.15, 0.2) is 41.3 Å². The molecule has 0 heterocycles. The first-order valence-corrected chi connectivity index (χ1v) is 9.16. The van der Waals surface area contributed by atoms with Gasteiger partial charge >= 0.3 is 0 Å². The second-order valence-electron chi connectivity index (χ2n) is 5.86. The fraction of sp³-hybridized carbons (Fsp3) is 0.333. The quantitative estimate of drug-likeness (QED) is 0.859. The Balaban J connectivity index is 2.44. The first-order valence-electron chi connectivity index (χ1n) is 7.68. The van der Waals surface area contributed by atoms with E-state index < -0.39 is 10.0 Å². The third kappa shape index (κ3) is 4.00. The van der Waals surface area contributed by atoms with Crippen molar-refractivity contribution in [1.29, 1.82) is 0 Å². The molecule has 24 heavy (non-hydrogen) atoms. The van der Waals surface area contributed by atoms with Gasteiger partial charge in [-0.25, -0.2) is 8.42 Å². The number of aryl methyl sites for hydroxylation is 2. The van der Waals surface area contributed by atoms with Gasteiger partial charge in [0.25, 0.3) is 10.0 Å². The van der Waals surface area contributed by atoms with Crippen molar-refractivity contribution in [3.8, 4) is 11.5 Å². The number of methoxy groups -OCH3 is 1. The SMILES string of the molecule is COc1cc(C)c(S(=O)(=O)Nc2ccccc2OC(C)C)c(C)c1. The van der Waals surface area contributed by atoms with Crippen LogP contribution in [-0.2, 0) is 10.0 Å². The van der Waals surface area contributed by atoms with E-state index in [1.54, 1.807) is 57.4 Å². The molecule has 0 aromatic heterocycles. The van der Waals surface area contributed by atoms with Crippen LogP contribution in [0.1, 0.15) is 25.0 Å². The molecule has 0 aliphatic heterocycles. The Kier molecular flexibility index (Phi) is 5.39. The van der Waals surface area contributed by atoms with Crippen molar-refractivity contribution in [1.82, 2.24) is 0 Å². The van der Waals surface area contributed by atoms with Gasteiger partial charge in [0, 0.05) is 0 Å². The van der Waals surface area contributed by atoms with Gasteiger partial charge in [0.1, 0.15) is 11.5 Å². The standard InChI is InChI=1S/C18H23NO4S/c1-12(2)23-17-9-7-6-8-16(17)19-24(20,21)18-13(3)10-15(22-5)11-14(18)4/h6-12,19H,1-5H3. The third-order valence-electron chi connectivity index (χ3n) is 3.43. The van der Waals surface area contributed by atoms with E-state index in [-0.39, 0.29) is 11.0 Å². The highest BCUT2D eigenvalue weighted by molar-refractivity contribution is 7.92. The largest absolute Gasteiger partial charge is 0.497 e. The van der Waals surface area contributed by atoms with Gasteiger partial charge in [-0.15, -0.1) is 0 Å². The summed E-state index contributed by atoms with van der Waals surface area (Å²) in [4.78, 5) is 0.252. The molecule has 6 heteroatoms. The van der Waals surface area contributed by atoms with Gasteiger partial charge in [-0.3, -0.25) is 4.72 Å². The molecule has 0 aliphatic rings. The summed E-state index contributed by atoms with van der Waals surface area (Å²) in [6.07, 6.45) is -0.0555. The molecule has 130 valence electrons. The average molecular weight is 349 g/mol. The molecule has 0 atom stereocenters. The minimum atomic E-state index is -3.74. The maximum absolute atomic E-state index is 12.9. The molecule has 0 radical (unpaired) electrons. The van der Waals surface area contributed by atoms with Gasteiger partial charge < -0.3 is 9.47 Å². The molecule has 0 unspecified atom stereocenters. The van der Waals surface area contributed by atoms with Crippen molar-refractivity contribution in [3.05, 3.63) is 47.5 Å². The lowest BCUT2D eigenvalue weighted by atomic mass is 10.1. The van der Waals surface area contributed by atoms with Crippen LogP contribution < -0.4 is 14.2 Å². The fourth-order valence-electron chi connectivity index (χ4n) is 2.56. The molecule has 2 rings (SSSR count). The van der Waals surface area contributed by atoms with Gasteiger partial charge in [-0.05, 0) is 63.1 Å². The number of para-hydroxylation sites is 2. The predicted molar refractivity (Wildman–Crippen MR) is 95.5 cm³/mol. The summed E-state index contributed by atoms with van der Waals surface area (Å²) >= 11 is 0. The number of anilines is 1. The highest BCUT2D eigenvalue weighted by Gasteiger charge is 2.22. The molecule has 5 nitrogen and oxygen atoms in total. The number of sulfonamides is 1. The molecular weight excluding hydrogens is 326 g/mol. The summed E-state index contributed by atoms with van der Waals surface area (Å²) in [5, 5.41) is 0. The van der Waals surface area contributed by atoms with Crippen LogP contribution in [0.4, 0.5) is 5.69 Å². The van der Waals surface area contributed by atoms with Crippen molar-refractivity contribution < 1.29 is 17.9 Å². The van der Waals surface area contributed by atoms with Crippen LogP contribution in [-0.4, -0.2) is 21.6 Å². The zero-order chi connectivity index (χ0) is 17.9. The van der Waals surface area contributed by atoms with Gasteiger partial charge in [-0.2, -0.15) is 0 Å². The molecule has 0 fully saturated rings. The minimum absolute atomic E-state index is 0.0555. The van der Waals surface area contributed by atoms with Crippen molar-refractivity contribution in [2.75, 3.05) is 11.8 Å². The second kappa shape index (κ2) is 7.13. The second-order valence-corrected chi connectivity index (χ2v) is 7.48. The summed E-state index contributed by atoms with van der Waals surface area (Å²) in [6.45, 7) is 7.29. The first-order chi connectivity index (χ1) is 11.2. The van der Waals surface area contributed by atoms with Crippen LogP contribution in [0.3, 0.4) is 0 Å². The smallest absolute Gasteiger partial charge is 0.262 e. The van der Waals surface area contributed by atoms with E-state index in [0.29, 0.717) is 28.3 Å². The van der Waals surface area contributed by atoms with Crippen LogP contribution >= 0.6 is 0 Å². The first kappa shape index (κ1) is 18.1. The van der Waals surface area contributed by atoms with E-state index in [1.165, 1.54) is 0 Å². The Labute approximate surface area is 143 Å². The van der Waals surface area contributed by atoms with Crippen LogP contribution in [0, 0.1) is 13.8 Å². The third-order valence-corrected chi connectivity index (χ3v) is 5.10. The van der Waals surface area contributed by atoms with Gasteiger partial charge in [0.2, 0.25) is 0 Å². The summed E-state index contributed by atoms with van der Waals surface area (Å²) in [6, 6.07) is 10.4. The Hall–Kier alpha value is -2.21. The zero-order valence-electron chi connectivity index (χ0n) is 14.6. The minimum Gasteiger partial charge on any atom is -0.497 e. The number of rotatable bonds is 6. The monoisotopic (exact) mass is 349 g/mol. The topological polar surface area (TPSA) is 64.6 Å². The van der Waals surface area contributed by atoms with Gasteiger partial charge in [-0.1, -0.05) is 12.1 Å². The van der Waals surface area contributed by atoms with Crippen LogP contribution in [0.2, 0.25) is 0 Å². The molecule has 2 aromatic carbocycles. The molecule has 0 saturated carbocycles. The Morgan fingerprint density at radius 3 is 2.17 bits per heavy atom. The van der Waals surface area contributed by atoms with Gasteiger partial charge in [0.05, 0.1) is 23.8 Å². The van der Waals surface area contributed by atoms with Crippen molar-refractivity contribution in [2.45, 2.75) is 38.7 Å². The lowest BCUT2D eigenvalue weighted by Gasteiger charge is -2.17. The molecule has 0 bridgehead atoms. The molecule has 0 amide bonds. The maximum atomic E-state index is 12.9. The lowest BCUT2D eigenvalue weighted by molar-refractivity contribution is 0.244. The van der Waals surface area contributed by atoms with E-state index >= 15 is 0 Å². The number of ether oxygens (including phenoxy) is 2. The summed E-state index contributed by atoms with van der Waals surface area (Å²) in [7, 11) is -2.19. The number of benzene rings is 2. The number of hydrogen-bond acceptors (Lipinski definition) is 4. The Morgan fingerprint density at radius 2 is 1.62 bits per heavy atom. The van der Waals surface area contributed by atoms with E-state index in [9.17, 15) is 8.42 Å². The molecular formula is C18H23NO4S. The fourth-order valence-corrected chi connectivity index (χ4v) is 4.08. The highest BCUT2D eigenvalue weighted by atomic mass is 32.2. The predicted octanol–water partition coefficient (Wildman–Crippen LogP) is 3.90. The highest BCUT2D eigenvalue weighted by Crippen LogP contribution is 2.31. The Morgan fingerprint density at radius 1 is 1.04 bits per heavy atom. The zero-order valence-corrected chi connectivity index (χ0v) is 15.4. The summed E-state index contributed by atoms with van der Waals surface area (Å²) in [5.41, 5.74) is 1.67. The van der Waals surface area contributed by atoms with Crippen molar-refractivity contribution in [2.24, 2.45) is 0 Å². The average Bonchev–Trinajstić information content (AvgIpc) is 2.47. The van der Waals surface area contributed by atoms with Crippen molar-refractivity contribution >= 4 is 15.7 Å². The normalized spacial score (nSPS) is 11.4. The van der Waals surface area contributed by atoms with E-state index in [1.807, 2.05) is 13.8 Å². The van der Waals surface area contributed by atoms with E-state index in [4.69, 9.17) is 9.47 Å². The molecule has 0 spiro atoms. The summed E-state index contributed by atoms with van der Waals surface area (Å²) < 4.78 is 39.2. The van der Waals surface area contributed by atoms with Gasteiger partial charge in [0.15, 0.2) is 0 Å². The van der Waals surface area contributed by atoms with Crippen LogP contribution in [0.25, 0.3) is 0 Å². The lowest BCUT2D eigenvalue weighted by Crippen LogP contribution is -2.17. The van der Waals surface area contributed by atoms with E-state index in [2.05, 4.69) is 4.72 Å². The van der Waals surface area contributed by atoms with Crippen molar-refractivity contribution in [3.63, 3.8) is 0 Å².